The molecular formula is C13H16O. The first-order chi connectivity index (χ1) is 6.88. The Labute approximate surface area is 86.1 Å². The minimum Gasteiger partial charge on any atom is -0.495 e. The Balaban J connectivity index is 2.68. The molecule has 0 saturated heterocycles. The van der Waals surface area contributed by atoms with Crippen molar-refractivity contribution in [3.05, 3.63) is 29.8 Å². The molecule has 0 unspecified atom stereocenters. The molecular weight excluding hydrogens is 172 g/mol. The summed E-state index contributed by atoms with van der Waals surface area (Å²) in [6.45, 7) is 2.17. The minimum atomic E-state index is 0.858. The number of ether oxygens (including phenoxy) is 1. The van der Waals surface area contributed by atoms with E-state index in [1.54, 1.807) is 7.11 Å². The van der Waals surface area contributed by atoms with E-state index in [4.69, 9.17) is 4.74 Å². The number of hydrogen-bond acceptors (Lipinski definition) is 1. The van der Waals surface area contributed by atoms with Gasteiger partial charge in [-0.15, -0.1) is 0 Å². The van der Waals surface area contributed by atoms with Crippen LogP contribution in [0.5, 0.6) is 5.75 Å². The molecule has 1 heteroatoms. The highest BCUT2D eigenvalue weighted by molar-refractivity contribution is 5.45. The molecule has 0 aliphatic rings. The topological polar surface area (TPSA) is 9.23 Å². The van der Waals surface area contributed by atoms with E-state index >= 15 is 0 Å². The maximum atomic E-state index is 5.20. The zero-order chi connectivity index (χ0) is 10.2. The van der Waals surface area contributed by atoms with E-state index in [0.717, 1.165) is 17.7 Å². The second-order valence-electron chi connectivity index (χ2n) is 3.11. The van der Waals surface area contributed by atoms with E-state index in [2.05, 4.69) is 18.8 Å². The van der Waals surface area contributed by atoms with Crippen molar-refractivity contribution in [1.82, 2.24) is 0 Å². The van der Waals surface area contributed by atoms with Gasteiger partial charge < -0.3 is 4.74 Å². The Bertz CT molecular complexity index is 331. The van der Waals surface area contributed by atoms with Crippen molar-refractivity contribution in [2.75, 3.05) is 7.11 Å². The summed E-state index contributed by atoms with van der Waals surface area (Å²) in [6, 6.07) is 7.85. The van der Waals surface area contributed by atoms with Crippen LogP contribution < -0.4 is 4.74 Å². The first kappa shape index (κ1) is 10.7. The molecule has 0 fully saturated rings. The van der Waals surface area contributed by atoms with Gasteiger partial charge in [0.25, 0.3) is 0 Å². The highest BCUT2D eigenvalue weighted by Crippen LogP contribution is 2.15. The van der Waals surface area contributed by atoms with Crippen LogP contribution in [-0.2, 0) is 0 Å². The van der Waals surface area contributed by atoms with Gasteiger partial charge >= 0.3 is 0 Å². The van der Waals surface area contributed by atoms with Crippen LogP contribution in [0.1, 0.15) is 31.7 Å². The molecule has 0 aromatic heterocycles. The number of methoxy groups -OCH3 is 1. The highest BCUT2D eigenvalue weighted by atomic mass is 16.5. The monoisotopic (exact) mass is 188 g/mol. The van der Waals surface area contributed by atoms with E-state index in [9.17, 15) is 0 Å². The van der Waals surface area contributed by atoms with E-state index in [1.165, 1.54) is 12.8 Å². The lowest BCUT2D eigenvalue weighted by Gasteiger charge is -2.00. The predicted octanol–water partition coefficient (Wildman–Crippen LogP) is 3.24. The van der Waals surface area contributed by atoms with Crippen molar-refractivity contribution in [3.8, 4) is 17.6 Å². The molecule has 74 valence electrons. The van der Waals surface area contributed by atoms with E-state index < -0.39 is 0 Å². The Hall–Kier alpha value is -1.42. The summed E-state index contributed by atoms with van der Waals surface area (Å²) in [5.41, 5.74) is 0.978. The Morgan fingerprint density at radius 3 is 2.79 bits per heavy atom. The third-order valence-corrected chi connectivity index (χ3v) is 1.99. The van der Waals surface area contributed by atoms with Gasteiger partial charge in [0.2, 0.25) is 0 Å². The van der Waals surface area contributed by atoms with Crippen molar-refractivity contribution < 1.29 is 4.74 Å². The van der Waals surface area contributed by atoms with E-state index in [-0.39, 0.29) is 0 Å². The zero-order valence-electron chi connectivity index (χ0n) is 8.84. The molecule has 14 heavy (non-hydrogen) atoms. The Morgan fingerprint density at radius 1 is 1.29 bits per heavy atom. The molecule has 1 aromatic rings. The van der Waals surface area contributed by atoms with Gasteiger partial charge in [-0.3, -0.25) is 0 Å². The molecule has 0 atom stereocenters. The molecule has 0 radical (unpaired) electrons. The molecule has 0 spiro atoms. The van der Waals surface area contributed by atoms with Gasteiger partial charge in [-0.2, -0.15) is 0 Å². The largest absolute Gasteiger partial charge is 0.495 e. The Kier molecular flexibility index (Phi) is 4.64. The number of unbranched alkanes of at least 4 members (excludes halogenated alkanes) is 2. The van der Waals surface area contributed by atoms with Crippen LogP contribution >= 0.6 is 0 Å². The predicted molar refractivity (Wildman–Crippen MR) is 59.4 cm³/mol. The van der Waals surface area contributed by atoms with Crippen LogP contribution in [-0.4, -0.2) is 7.11 Å². The third-order valence-electron chi connectivity index (χ3n) is 1.99. The maximum absolute atomic E-state index is 5.20. The Morgan fingerprint density at radius 2 is 2.07 bits per heavy atom. The fourth-order valence-corrected chi connectivity index (χ4v) is 1.17. The van der Waals surface area contributed by atoms with Gasteiger partial charge in [-0.1, -0.05) is 37.3 Å². The molecule has 0 amide bonds. The molecule has 0 saturated carbocycles. The molecule has 1 rings (SSSR count). The summed E-state index contributed by atoms with van der Waals surface area (Å²) in [7, 11) is 1.67. The molecule has 0 bridgehead atoms. The molecule has 0 heterocycles. The van der Waals surface area contributed by atoms with Gasteiger partial charge in [0.05, 0.1) is 12.7 Å². The standard InChI is InChI=1S/C13H16O/c1-3-4-5-6-9-12-10-7-8-11-13(12)14-2/h7-8,10-11H,3-5H2,1-2H3. The second kappa shape index (κ2) is 6.10. The summed E-state index contributed by atoms with van der Waals surface area (Å²) < 4.78 is 5.20. The van der Waals surface area contributed by atoms with Crippen molar-refractivity contribution in [3.63, 3.8) is 0 Å². The second-order valence-corrected chi connectivity index (χ2v) is 3.11. The van der Waals surface area contributed by atoms with Gasteiger partial charge in [0.1, 0.15) is 5.75 Å². The SMILES string of the molecule is CCCCC#Cc1ccccc1OC. The van der Waals surface area contributed by atoms with Crippen LogP contribution in [0.15, 0.2) is 24.3 Å². The quantitative estimate of drug-likeness (QED) is 0.522. The van der Waals surface area contributed by atoms with Gasteiger partial charge in [-0.25, -0.2) is 0 Å². The number of para-hydroxylation sites is 1. The van der Waals surface area contributed by atoms with E-state index in [0.29, 0.717) is 0 Å². The van der Waals surface area contributed by atoms with Crippen molar-refractivity contribution >= 4 is 0 Å². The van der Waals surface area contributed by atoms with Crippen LogP contribution in [0, 0.1) is 11.8 Å². The average molecular weight is 188 g/mol. The van der Waals surface area contributed by atoms with Crippen LogP contribution in [0.4, 0.5) is 0 Å². The molecule has 0 aliphatic carbocycles. The fraction of sp³-hybridized carbons (Fsp3) is 0.385. The lowest BCUT2D eigenvalue weighted by atomic mass is 10.2. The van der Waals surface area contributed by atoms with Crippen molar-refractivity contribution in [1.29, 1.82) is 0 Å². The summed E-state index contributed by atoms with van der Waals surface area (Å²) >= 11 is 0. The molecule has 0 aliphatic heterocycles. The maximum Gasteiger partial charge on any atom is 0.134 e. The lowest BCUT2D eigenvalue weighted by molar-refractivity contribution is 0.413. The molecule has 0 N–H and O–H groups in total. The summed E-state index contributed by atoms with van der Waals surface area (Å²) in [5.74, 6) is 7.13. The molecule has 1 aromatic carbocycles. The fourth-order valence-electron chi connectivity index (χ4n) is 1.17. The van der Waals surface area contributed by atoms with Crippen molar-refractivity contribution in [2.24, 2.45) is 0 Å². The average Bonchev–Trinajstić information content (AvgIpc) is 2.25. The smallest absolute Gasteiger partial charge is 0.134 e. The zero-order valence-corrected chi connectivity index (χ0v) is 8.84. The van der Waals surface area contributed by atoms with Gasteiger partial charge in [-0.05, 0) is 18.6 Å². The van der Waals surface area contributed by atoms with Gasteiger partial charge in [0.15, 0.2) is 0 Å². The number of hydrogen-bond donors (Lipinski definition) is 0. The summed E-state index contributed by atoms with van der Waals surface area (Å²) in [4.78, 5) is 0. The summed E-state index contributed by atoms with van der Waals surface area (Å²) in [5, 5.41) is 0. The molecule has 1 nitrogen and oxygen atoms in total. The van der Waals surface area contributed by atoms with Crippen molar-refractivity contribution in [2.45, 2.75) is 26.2 Å². The normalized spacial score (nSPS) is 9.00. The van der Waals surface area contributed by atoms with Gasteiger partial charge in [0, 0.05) is 6.42 Å². The lowest BCUT2D eigenvalue weighted by Crippen LogP contribution is -1.86. The van der Waals surface area contributed by atoms with Crippen LogP contribution in [0.2, 0.25) is 0 Å². The van der Waals surface area contributed by atoms with Crippen LogP contribution in [0.25, 0.3) is 0 Å². The summed E-state index contributed by atoms with van der Waals surface area (Å²) in [6.07, 6.45) is 3.33. The number of rotatable bonds is 3. The van der Waals surface area contributed by atoms with E-state index in [1.807, 2.05) is 24.3 Å². The first-order valence-corrected chi connectivity index (χ1v) is 5.00. The number of benzene rings is 1. The van der Waals surface area contributed by atoms with Crippen LogP contribution in [0.3, 0.4) is 0 Å². The third kappa shape index (κ3) is 3.14. The highest BCUT2D eigenvalue weighted by Gasteiger charge is 1.95. The first-order valence-electron chi connectivity index (χ1n) is 5.00. The minimum absolute atomic E-state index is 0.858.